The first-order valence-corrected chi connectivity index (χ1v) is 11.1. The van der Waals surface area contributed by atoms with Crippen LogP contribution in [0.3, 0.4) is 0 Å². The summed E-state index contributed by atoms with van der Waals surface area (Å²) in [5.74, 6) is -0.460. The third kappa shape index (κ3) is 5.71. The zero-order valence-electron chi connectivity index (χ0n) is 18.3. The molecular weight excluding hydrogens is 418 g/mol. The van der Waals surface area contributed by atoms with Gasteiger partial charge in [0.1, 0.15) is 12.4 Å². The Balaban J connectivity index is 1.46. The highest BCUT2D eigenvalue weighted by Crippen LogP contribution is 2.34. The fourth-order valence-corrected chi connectivity index (χ4v) is 4.35. The highest BCUT2D eigenvalue weighted by atomic mass is 16.6. The average Bonchev–Trinajstić information content (AvgIpc) is 3.19. The van der Waals surface area contributed by atoms with Crippen molar-refractivity contribution in [1.29, 1.82) is 0 Å². The number of carbonyl (C=O) groups excluding carboxylic acids is 1. The van der Waals surface area contributed by atoms with Gasteiger partial charge < -0.3 is 19.5 Å². The first-order chi connectivity index (χ1) is 16.1. The molecule has 1 fully saturated rings. The number of nitrogens with zero attached hydrogens (tertiary/aromatic N) is 1. The molecule has 6 nitrogen and oxygen atoms in total. The second-order valence-electron chi connectivity index (χ2n) is 8.07. The van der Waals surface area contributed by atoms with Crippen LogP contribution in [0.1, 0.15) is 29.0 Å². The second kappa shape index (κ2) is 10.7. The summed E-state index contributed by atoms with van der Waals surface area (Å²) in [6.07, 6.45) is 1.21. The van der Waals surface area contributed by atoms with Crippen molar-refractivity contribution in [2.45, 2.75) is 24.8 Å². The van der Waals surface area contributed by atoms with Crippen LogP contribution in [0.4, 0.5) is 4.79 Å². The number of cyclic esters (lactones) is 1. The van der Waals surface area contributed by atoms with Gasteiger partial charge in [-0.3, -0.25) is 0 Å². The van der Waals surface area contributed by atoms with E-state index in [1.54, 1.807) is 6.07 Å². The van der Waals surface area contributed by atoms with E-state index < -0.39 is 5.97 Å². The maximum atomic E-state index is 12.6. The molecule has 1 saturated heterocycles. The molecule has 0 aromatic heterocycles. The number of ether oxygens (including phenoxy) is 2. The van der Waals surface area contributed by atoms with Gasteiger partial charge >= 0.3 is 12.1 Å². The Morgan fingerprint density at radius 1 is 1.00 bits per heavy atom. The minimum atomic E-state index is -1.01. The summed E-state index contributed by atoms with van der Waals surface area (Å²) in [6, 6.07) is 27.8. The minimum Gasteiger partial charge on any atom is -0.482 e. The van der Waals surface area contributed by atoms with Crippen molar-refractivity contribution < 1.29 is 24.2 Å². The molecule has 0 spiro atoms. The lowest BCUT2D eigenvalue weighted by Crippen LogP contribution is -2.39. The Morgan fingerprint density at radius 3 is 2.30 bits per heavy atom. The second-order valence-corrected chi connectivity index (χ2v) is 8.07. The summed E-state index contributed by atoms with van der Waals surface area (Å²) in [6.45, 7) is 0.552. The first-order valence-electron chi connectivity index (χ1n) is 11.1. The Hall–Kier alpha value is -3.80. The van der Waals surface area contributed by atoms with Gasteiger partial charge in [0.2, 0.25) is 0 Å². The van der Waals surface area contributed by atoms with Crippen molar-refractivity contribution >= 4 is 12.1 Å². The molecule has 0 aliphatic carbocycles. The highest BCUT2D eigenvalue weighted by Gasteiger charge is 2.39. The summed E-state index contributed by atoms with van der Waals surface area (Å²) in [4.78, 5) is 25.2. The molecule has 1 heterocycles. The molecule has 1 aliphatic heterocycles. The molecule has 4 rings (SSSR count). The quantitative estimate of drug-likeness (QED) is 0.488. The van der Waals surface area contributed by atoms with Crippen LogP contribution in [-0.4, -0.2) is 47.9 Å². The van der Waals surface area contributed by atoms with Crippen molar-refractivity contribution in [3.63, 3.8) is 0 Å². The molecule has 0 bridgehead atoms. The number of rotatable bonds is 10. The molecule has 6 heteroatoms. The standard InChI is InChI=1S/C27H27NO5/c29-25(30)19-32-23-15-7-9-20(17-23)10-8-16-28-24(18-33-27(28)31)26(21-11-3-1-4-12-21)22-13-5-2-6-14-22/h1-7,9,11-15,17,24,26H,8,10,16,18-19H2,(H,29,30). The van der Waals surface area contributed by atoms with Crippen LogP contribution in [-0.2, 0) is 16.0 Å². The summed E-state index contributed by atoms with van der Waals surface area (Å²) in [7, 11) is 0. The van der Waals surface area contributed by atoms with E-state index in [0.29, 0.717) is 18.9 Å². The van der Waals surface area contributed by atoms with Crippen LogP contribution in [0.5, 0.6) is 5.75 Å². The third-order valence-corrected chi connectivity index (χ3v) is 5.84. The normalized spacial score (nSPS) is 15.5. The van der Waals surface area contributed by atoms with Crippen molar-refractivity contribution in [2.24, 2.45) is 0 Å². The van der Waals surface area contributed by atoms with Crippen molar-refractivity contribution in [2.75, 3.05) is 19.8 Å². The van der Waals surface area contributed by atoms with E-state index in [-0.39, 0.29) is 24.7 Å². The largest absolute Gasteiger partial charge is 0.482 e. The number of carbonyl (C=O) groups is 2. The van der Waals surface area contributed by atoms with E-state index in [2.05, 4.69) is 24.3 Å². The first kappa shape index (κ1) is 22.4. The number of hydrogen-bond acceptors (Lipinski definition) is 4. The van der Waals surface area contributed by atoms with E-state index in [9.17, 15) is 9.59 Å². The number of hydrogen-bond donors (Lipinski definition) is 1. The van der Waals surface area contributed by atoms with Crippen molar-refractivity contribution in [1.82, 2.24) is 4.90 Å². The molecule has 1 amide bonds. The minimum absolute atomic E-state index is 0.0200. The lowest BCUT2D eigenvalue weighted by Gasteiger charge is -2.30. The van der Waals surface area contributed by atoms with Gasteiger partial charge in [0, 0.05) is 12.5 Å². The Morgan fingerprint density at radius 2 is 1.67 bits per heavy atom. The number of benzene rings is 3. The van der Waals surface area contributed by atoms with E-state index in [1.165, 1.54) is 0 Å². The van der Waals surface area contributed by atoms with Gasteiger partial charge in [-0.2, -0.15) is 0 Å². The number of carboxylic acids is 1. The van der Waals surface area contributed by atoms with E-state index in [4.69, 9.17) is 14.6 Å². The molecule has 0 saturated carbocycles. The smallest absolute Gasteiger partial charge is 0.410 e. The number of aliphatic carboxylic acids is 1. The summed E-state index contributed by atoms with van der Waals surface area (Å²) >= 11 is 0. The van der Waals surface area contributed by atoms with E-state index in [1.807, 2.05) is 59.5 Å². The van der Waals surface area contributed by atoms with Crippen LogP contribution in [0.2, 0.25) is 0 Å². The van der Waals surface area contributed by atoms with Gasteiger partial charge in [-0.05, 0) is 41.7 Å². The number of carboxylic acid groups (broad SMARTS) is 1. The molecule has 1 aliphatic rings. The van der Waals surface area contributed by atoms with Gasteiger partial charge in [0.15, 0.2) is 6.61 Å². The Labute approximate surface area is 193 Å². The van der Waals surface area contributed by atoms with Crippen LogP contribution in [0.25, 0.3) is 0 Å². The van der Waals surface area contributed by atoms with E-state index in [0.717, 1.165) is 29.5 Å². The SMILES string of the molecule is O=C(O)COc1cccc(CCCN2C(=O)OCC2C(c2ccccc2)c2ccccc2)c1. The fourth-order valence-electron chi connectivity index (χ4n) is 4.35. The molecule has 170 valence electrons. The zero-order valence-corrected chi connectivity index (χ0v) is 18.3. The topological polar surface area (TPSA) is 76.1 Å². The Bertz CT molecular complexity index is 1030. The fraction of sp³-hybridized carbons (Fsp3) is 0.259. The van der Waals surface area contributed by atoms with Crippen molar-refractivity contribution in [3.05, 3.63) is 102 Å². The molecule has 1 N–H and O–H groups in total. The molecule has 3 aromatic carbocycles. The predicted molar refractivity (Wildman–Crippen MR) is 124 cm³/mol. The lowest BCUT2D eigenvalue weighted by atomic mass is 9.85. The lowest BCUT2D eigenvalue weighted by molar-refractivity contribution is -0.139. The molecule has 1 atom stereocenters. The summed E-state index contributed by atoms with van der Waals surface area (Å²) in [5.41, 5.74) is 3.34. The maximum Gasteiger partial charge on any atom is 0.410 e. The molecular formula is C27H27NO5. The van der Waals surface area contributed by atoms with Gasteiger partial charge in [-0.25, -0.2) is 9.59 Å². The molecule has 0 radical (unpaired) electrons. The van der Waals surface area contributed by atoms with E-state index >= 15 is 0 Å². The zero-order chi connectivity index (χ0) is 23.0. The van der Waals surface area contributed by atoms with Crippen molar-refractivity contribution in [3.8, 4) is 5.75 Å². The third-order valence-electron chi connectivity index (χ3n) is 5.84. The Kier molecular flexibility index (Phi) is 7.25. The summed E-state index contributed by atoms with van der Waals surface area (Å²) in [5, 5.41) is 8.79. The van der Waals surface area contributed by atoms with Crippen LogP contribution >= 0.6 is 0 Å². The number of aryl methyl sites for hydroxylation is 1. The summed E-state index contributed by atoms with van der Waals surface area (Å²) < 4.78 is 10.8. The van der Waals surface area contributed by atoms with Gasteiger partial charge in [0.25, 0.3) is 0 Å². The average molecular weight is 446 g/mol. The van der Waals surface area contributed by atoms with Gasteiger partial charge in [-0.1, -0.05) is 72.8 Å². The number of amides is 1. The highest BCUT2D eigenvalue weighted by molar-refractivity contribution is 5.70. The molecule has 1 unspecified atom stereocenters. The van der Waals surface area contributed by atoms with Gasteiger partial charge in [-0.15, -0.1) is 0 Å². The van der Waals surface area contributed by atoms with Crippen LogP contribution < -0.4 is 4.74 Å². The van der Waals surface area contributed by atoms with Crippen LogP contribution in [0, 0.1) is 0 Å². The predicted octanol–water partition coefficient (Wildman–Crippen LogP) is 4.74. The maximum absolute atomic E-state index is 12.6. The monoisotopic (exact) mass is 445 g/mol. The van der Waals surface area contributed by atoms with Crippen LogP contribution in [0.15, 0.2) is 84.9 Å². The molecule has 3 aromatic rings. The molecule has 33 heavy (non-hydrogen) atoms. The van der Waals surface area contributed by atoms with Gasteiger partial charge in [0.05, 0.1) is 6.04 Å².